The highest BCUT2D eigenvalue weighted by atomic mass is 79.9. The van der Waals surface area contributed by atoms with Gasteiger partial charge in [0.15, 0.2) is 0 Å². The van der Waals surface area contributed by atoms with E-state index in [0.717, 1.165) is 18.1 Å². The molecule has 0 radical (unpaired) electrons. The van der Waals surface area contributed by atoms with Crippen LogP contribution in [-0.4, -0.2) is 47.3 Å². The van der Waals surface area contributed by atoms with E-state index < -0.39 is 17.7 Å². The number of aliphatic hydroxyl groups excluding tert-OH is 1. The van der Waals surface area contributed by atoms with Crippen LogP contribution in [0.3, 0.4) is 0 Å². The molecule has 1 aromatic carbocycles. The van der Waals surface area contributed by atoms with Crippen molar-refractivity contribution in [3.05, 3.63) is 33.8 Å². The van der Waals surface area contributed by atoms with Crippen LogP contribution >= 0.6 is 27.7 Å². The van der Waals surface area contributed by atoms with E-state index in [9.17, 15) is 13.9 Å². The molecule has 1 heterocycles. The maximum atomic E-state index is 13.9. The lowest BCUT2D eigenvalue weighted by molar-refractivity contribution is 0.0749. The SMILES string of the molecule is CN1CCSCC1C(O)Cc1c(F)ccc(Br)c1F. The lowest BCUT2D eigenvalue weighted by atomic mass is 10.0. The number of hydrogen-bond donors (Lipinski definition) is 1. The molecule has 1 N–H and O–H groups in total. The normalized spacial score (nSPS) is 22.5. The Morgan fingerprint density at radius 2 is 2.26 bits per heavy atom. The van der Waals surface area contributed by atoms with Gasteiger partial charge in [-0.05, 0) is 35.1 Å². The van der Waals surface area contributed by atoms with Crippen molar-refractivity contribution in [2.24, 2.45) is 0 Å². The monoisotopic (exact) mass is 351 g/mol. The quantitative estimate of drug-likeness (QED) is 0.847. The molecule has 1 aliphatic heterocycles. The van der Waals surface area contributed by atoms with E-state index >= 15 is 0 Å². The van der Waals surface area contributed by atoms with Gasteiger partial charge in [0.25, 0.3) is 0 Å². The molecule has 2 atom stereocenters. The van der Waals surface area contributed by atoms with Gasteiger partial charge in [-0.3, -0.25) is 4.90 Å². The van der Waals surface area contributed by atoms with E-state index in [2.05, 4.69) is 20.8 Å². The van der Waals surface area contributed by atoms with Crippen molar-refractivity contribution < 1.29 is 13.9 Å². The van der Waals surface area contributed by atoms with Crippen molar-refractivity contribution in [1.82, 2.24) is 4.90 Å². The molecule has 1 saturated heterocycles. The lowest BCUT2D eigenvalue weighted by Gasteiger charge is -2.35. The Morgan fingerprint density at radius 3 is 2.95 bits per heavy atom. The molecule has 2 unspecified atom stereocenters. The number of benzene rings is 1. The van der Waals surface area contributed by atoms with Crippen molar-refractivity contribution in [3.63, 3.8) is 0 Å². The summed E-state index contributed by atoms with van der Waals surface area (Å²) in [6.07, 6.45) is -0.775. The number of hydrogen-bond acceptors (Lipinski definition) is 3. The third-order valence-electron chi connectivity index (χ3n) is 3.44. The Bertz CT molecular complexity index is 461. The van der Waals surface area contributed by atoms with Gasteiger partial charge in [0.2, 0.25) is 0 Å². The van der Waals surface area contributed by atoms with Crippen molar-refractivity contribution in [2.75, 3.05) is 25.1 Å². The Balaban J connectivity index is 2.14. The number of likely N-dealkylation sites (N-methyl/N-ethyl adjacent to an activating group) is 1. The molecule has 19 heavy (non-hydrogen) atoms. The van der Waals surface area contributed by atoms with Gasteiger partial charge in [-0.25, -0.2) is 8.78 Å². The van der Waals surface area contributed by atoms with Crippen molar-refractivity contribution in [3.8, 4) is 0 Å². The van der Waals surface area contributed by atoms with E-state index in [1.165, 1.54) is 12.1 Å². The van der Waals surface area contributed by atoms with Gasteiger partial charge in [-0.15, -0.1) is 0 Å². The van der Waals surface area contributed by atoms with Gasteiger partial charge in [-0.2, -0.15) is 11.8 Å². The zero-order chi connectivity index (χ0) is 14.0. The fraction of sp³-hybridized carbons (Fsp3) is 0.538. The Kier molecular flexibility index (Phi) is 5.22. The summed E-state index contributed by atoms with van der Waals surface area (Å²) in [5.74, 6) is 0.588. The smallest absolute Gasteiger partial charge is 0.143 e. The highest BCUT2D eigenvalue weighted by Gasteiger charge is 2.28. The van der Waals surface area contributed by atoms with Gasteiger partial charge in [-0.1, -0.05) is 0 Å². The number of thioether (sulfide) groups is 1. The van der Waals surface area contributed by atoms with E-state index in [4.69, 9.17) is 0 Å². The second kappa shape index (κ2) is 6.52. The number of aliphatic hydroxyl groups is 1. The molecule has 2 nitrogen and oxygen atoms in total. The first kappa shape index (κ1) is 15.2. The van der Waals surface area contributed by atoms with Crippen LogP contribution in [0.4, 0.5) is 8.78 Å². The summed E-state index contributed by atoms with van der Waals surface area (Å²) in [5, 5.41) is 10.2. The van der Waals surface area contributed by atoms with Crippen LogP contribution < -0.4 is 0 Å². The van der Waals surface area contributed by atoms with Gasteiger partial charge < -0.3 is 5.11 Å². The molecule has 0 amide bonds. The number of rotatable bonds is 3. The molecule has 1 aromatic rings. The minimum atomic E-state index is -0.768. The van der Waals surface area contributed by atoms with Crippen LogP contribution in [0.1, 0.15) is 5.56 Å². The first-order valence-electron chi connectivity index (χ1n) is 6.09. The zero-order valence-electron chi connectivity index (χ0n) is 10.6. The minimum Gasteiger partial charge on any atom is -0.391 e. The third-order valence-corrected chi connectivity index (χ3v) is 5.10. The van der Waals surface area contributed by atoms with Crippen LogP contribution in [-0.2, 0) is 6.42 Å². The summed E-state index contributed by atoms with van der Waals surface area (Å²) < 4.78 is 27.8. The van der Waals surface area contributed by atoms with Gasteiger partial charge >= 0.3 is 0 Å². The summed E-state index contributed by atoms with van der Waals surface area (Å²) in [6, 6.07) is 2.49. The molecular formula is C13H16BrF2NOS. The highest BCUT2D eigenvalue weighted by Crippen LogP contribution is 2.25. The molecular weight excluding hydrogens is 336 g/mol. The maximum Gasteiger partial charge on any atom is 0.143 e. The first-order valence-corrected chi connectivity index (χ1v) is 8.04. The summed E-state index contributed by atoms with van der Waals surface area (Å²) in [5.41, 5.74) is -0.0501. The topological polar surface area (TPSA) is 23.5 Å². The van der Waals surface area contributed by atoms with E-state index in [-0.39, 0.29) is 22.5 Å². The zero-order valence-corrected chi connectivity index (χ0v) is 13.0. The Labute approximate surface area is 124 Å². The van der Waals surface area contributed by atoms with Crippen LogP contribution in [0.15, 0.2) is 16.6 Å². The molecule has 6 heteroatoms. The summed E-state index contributed by atoms with van der Waals surface area (Å²) in [7, 11) is 1.93. The van der Waals surface area contributed by atoms with Crippen molar-refractivity contribution in [2.45, 2.75) is 18.6 Å². The number of nitrogens with zero attached hydrogens (tertiary/aromatic N) is 1. The average molecular weight is 352 g/mol. The second-order valence-electron chi connectivity index (χ2n) is 4.72. The molecule has 1 fully saturated rings. The molecule has 0 spiro atoms. The van der Waals surface area contributed by atoms with Crippen LogP contribution in [0, 0.1) is 11.6 Å². The van der Waals surface area contributed by atoms with Gasteiger partial charge in [0.05, 0.1) is 10.6 Å². The molecule has 106 valence electrons. The first-order chi connectivity index (χ1) is 9.00. The standard InChI is InChI=1S/C13H16BrF2NOS/c1-17-4-5-19-7-11(17)12(18)6-8-10(15)3-2-9(14)13(8)16/h2-3,11-12,18H,4-7H2,1H3. The third kappa shape index (κ3) is 3.48. The van der Waals surface area contributed by atoms with Crippen LogP contribution in [0.2, 0.25) is 0 Å². The fourth-order valence-corrected chi connectivity index (χ4v) is 3.89. The largest absolute Gasteiger partial charge is 0.391 e. The molecule has 0 bridgehead atoms. The van der Waals surface area contributed by atoms with Crippen LogP contribution in [0.25, 0.3) is 0 Å². The van der Waals surface area contributed by atoms with Gasteiger partial charge in [0.1, 0.15) is 11.6 Å². The maximum absolute atomic E-state index is 13.9. The predicted octanol–water partition coefficient (Wildman–Crippen LogP) is 2.68. The summed E-state index contributed by atoms with van der Waals surface area (Å²) in [4.78, 5) is 2.05. The summed E-state index contributed by atoms with van der Waals surface area (Å²) in [6.45, 7) is 0.885. The summed E-state index contributed by atoms with van der Waals surface area (Å²) >= 11 is 4.80. The Morgan fingerprint density at radius 1 is 1.53 bits per heavy atom. The second-order valence-corrected chi connectivity index (χ2v) is 6.72. The molecule has 1 aliphatic rings. The molecule has 2 rings (SSSR count). The number of halogens is 3. The fourth-order valence-electron chi connectivity index (χ4n) is 2.21. The van der Waals surface area contributed by atoms with Crippen molar-refractivity contribution in [1.29, 1.82) is 0 Å². The predicted molar refractivity (Wildman–Crippen MR) is 77.5 cm³/mol. The van der Waals surface area contributed by atoms with E-state index in [1.807, 2.05) is 7.05 Å². The van der Waals surface area contributed by atoms with Crippen LogP contribution in [0.5, 0.6) is 0 Å². The Hall–Kier alpha value is -0.170. The molecule has 0 aromatic heterocycles. The highest BCUT2D eigenvalue weighted by molar-refractivity contribution is 9.10. The average Bonchev–Trinajstić information content (AvgIpc) is 2.39. The van der Waals surface area contributed by atoms with E-state index in [1.54, 1.807) is 11.8 Å². The lowest BCUT2D eigenvalue weighted by Crippen LogP contribution is -2.47. The van der Waals surface area contributed by atoms with E-state index in [0.29, 0.717) is 0 Å². The molecule has 0 aliphatic carbocycles. The minimum absolute atomic E-state index is 0.00727. The van der Waals surface area contributed by atoms with Crippen molar-refractivity contribution >= 4 is 27.7 Å². The van der Waals surface area contributed by atoms with Gasteiger partial charge in [0, 0.05) is 36.1 Å². The molecule has 0 saturated carbocycles.